The normalized spacial score (nSPS) is 10.5. The molecule has 2 heterocycles. The van der Waals surface area contributed by atoms with E-state index in [1.165, 1.54) is 23.3 Å². The molecule has 0 spiro atoms. The molecule has 90 valence electrons. The van der Waals surface area contributed by atoms with Gasteiger partial charge >= 0.3 is 5.97 Å². The van der Waals surface area contributed by atoms with Crippen molar-refractivity contribution in [2.45, 2.75) is 13.3 Å². The average molecular weight is 267 g/mol. The van der Waals surface area contributed by atoms with Gasteiger partial charge in [0.05, 0.1) is 12.8 Å². The average Bonchev–Trinajstić information content (AvgIpc) is 2.94. The molecule has 0 saturated carbocycles. The SMILES string of the molecule is CCc1ccc(-c2cc(N)c(C(=O)OC)s2)s1. The second-order valence-corrected chi connectivity index (χ2v) is 5.73. The molecule has 2 rings (SSSR count). The quantitative estimate of drug-likeness (QED) is 0.867. The summed E-state index contributed by atoms with van der Waals surface area (Å²) in [6.07, 6.45) is 1.02. The lowest BCUT2D eigenvalue weighted by Crippen LogP contribution is -2.00. The van der Waals surface area contributed by atoms with Crippen molar-refractivity contribution in [3.63, 3.8) is 0 Å². The summed E-state index contributed by atoms with van der Waals surface area (Å²) in [6, 6.07) is 6.01. The van der Waals surface area contributed by atoms with Crippen LogP contribution in [0.25, 0.3) is 9.75 Å². The van der Waals surface area contributed by atoms with Gasteiger partial charge in [-0.15, -0.1) is 22.7 Å². The molecule has 0 radical (unpaired) electrons. The lowest BCUT2D eigenvalue weighted by Gasteiger charge is -1.94. The molecule has 0 aliphatic rings. The maximum absolute atomic E-state index is 11.5. The molecule has 5 heteroatoms. The number of methoxy groups -OCH3 is 1. The zero-order valence-corrected chi connectivity index (χ0v) is 11.3. The van der Waals surface area contributed by atoms with E-state index < -0.39 is 0 Å². The molecule has 17 heavy (non-hydrogen) atoms. The zero-order valence-electron chi connectivity index (χ0n) is 9.65. The molecule has 0 unspecified atom stereocenters. The number of anilines is 1. The van der Waals surface area contributed by atoms with Gasteiger partial charge in [0.25, 0.3) is 0 Å². The highest BCUT2D eigenvalue weighted by Crippen LogP contribution is 2.37. The third-order valence-electron chi connectivity index (χ3n) is 2.38. The van der Waals surface area contributed by atoms with Crippen molar-refractivity contribution in [3.8, 4) is 9.75 Å². The van der Waals surface area contributed by atoms with E-state index >= 15 is 0 Å². The molecule has 2 aromatic rings. The highest BCUT2D eigenvalue weighted by atomic mass is 32.1. The van der Waals surface area contributed by atoms with Crippen molar-refractivity contribution in [2.75, 3.05) is 12.8 Å². The second-order valence-electron chi connectivity index (χ2n) is 3.51. The summed E-state index contributed by atoms with van der Waals surface area (Å²) in [5.41, 5.74) is 6.30. The summed E-state index contributed by atoms with van der Waals surface area (Å²) >= 11 is 3.11. The van der Waals surface area contributed by atoms with Crippen molar-refractivity contribution in [2.24, 2.45) is 0 Å². The first-order chi connectivity index (χ1) is 8.15. The van der Waals surface area contributed by atoms with Crippen LogP contribution in [0.1, 0.15) is 21.5 Å². The molecule has 3 nitrogen and oxygen atoms in total. The first kappa shape index (κ1) is 12.1. The Morgan fingerprint density at radius 3 is 2.71 bits per heavy atom. The lowest BCUT2D eigenvalue weighted by molar-refractivity contribution is 0.0607. The van der Waals surface area contributed by atoms with Crippen LogP contribution in [0.5, 0.6) is 0 Å². The molecular formula is C12H13NO2S2. The topological polar surface area (TPSA) is 52.3 Å². The third-order valence-corrected chi connectivity index (χ3v) is 4.94. The molecule has 0 aliphatic heterocycles. The standard InChI is InChI=1S/C12H13NO2S2/c1-3-7-4-5-9(16-7)10-6-8(13)11(17-10)12(14)15-2/h4-6H,3,13H2,1-2H3. The van der Waals surface area contributed by atoms with Crippen LogP contribution in [0.2, 0.25) is 0 Å². The number of hydrogen-bond donors (Lipinski definition) is 1. The van der Waals surface area contributed by atoms with Crippen molar-refractivity contribution < 1.29 is 9.53 Å². The van der Waals surface area contributed by atoms with Crippen LogP contribution in [-0.2, 0) is 11.2 Å². The largest absolute Gasteiger partial charge is 0.465 e. The van der Waals surface area contributed by atoms with Crippen LogP contribution in [-0.4, -0.2) is 13.1 Å². The number of carbonyl (C=O) groups is 1. The number of rotatable bonds is 3. The molecule has 0 amide bonds. The number of esters is 1. The minimum Gasteiger partial charge on any atom is -0.465 e. The second kappa shape index (κ2) is 4.89. The van der Waals surface area contributed by atoms with E-state index in [9.17, 15) is 4.79 Å². The van der Waals surface area contributed by atoms with E-state index in [1.54, 1.807) is 11.3 Å². The molecule has 0 saturated heterocycles. The minimum atomic E-state index is -0.369. The van der Waals surface area contributed by atoms with Gasteiger partial charge in [-0.3, -0.25) is 0 Å². The van der Waals surface area contributed by atoms with Crippen LogP contribution in [0.4, 0.5) is 5.69 Å². The van der Waals surface area contributed by atoms with E-state index in [0.717, 1.165) is 16.2 Å². The fraction of sp³-hybridized carbons (Fsp3) is 0.250. The van der Waals surface area contributed by atoms with E-state index in [-0.39, 0.29) is 5.97 Å². The highest BCUT2D eigenvalue weighted by molar-refractivity contribution is 7.23. The van der Waals surface area contributed by atoms with Gasteiger partial charge in [0, 0.05) is 14.6 Å². The number of nitrogens with two attached hydrogens (primary N) is 1. The fourth-order valence-corrected chi connectivity index (χ4v) is 3.51. The minimum absolute atomic E-state index is 0.369. The fourth-order valence-electron chi connectivity index (χ4n) is 1.48. The van der Waals surface area contributed by atoms with Gasteiger partial charge in [0.15, 0.2) is 0 Å². The number of thiophene rings is 2. The Kier molecular flexibility index (Phi) is 3.49. The molecule has 2 N–H and O–H groups in total. The summed E-state index contributed by atoms with van der Waals surface area (Å²) in [6.45, 7) is 2.12. The molecule has 0 aromatic carbocycles. The summed E-state index contributed by atoms with van der Waals surface area (Å²) in [7, 11) is 1.36. The van der Waals surface area contributed by atoms with E-state index in [4.69, 9.17) is 5.73 Å². The third kappa shape index (κ3) is 2.35. The van der Waals surface area contributed by atoms with Gasteiger partial charge in [-0.05, 0) is 24.6 Å². The van der Waals surface area contributed by atoms with Crippen molar-refractivity contribution >= 4 is 34.3 Å². The number of nitrogen functional groups attached to an aromatic ring is 1. The van der Waals surface area contributed by atoms with Crippen molar-refractivity contribution in [1.82, 2.24) is 0 Å². The summed E-state index contributed by atoms with van der Waals surface area (Å²) < 4.78 is 4.69. The van der Waals surface area contributed by atoms with Crippen LogP contribution in [0.15, 0.2) is 18.2 Å². The van der Waals surface area contributed by atoms with Crippen LogP contribution < -0.4 is 5.73 Å². The molecule has 0 bridgehead atoms. The molecule has 0 fully saturated rings. The summed E-state index contributed by atoms with van der Waals surface area (Å²) in [5, 5.41) is 0. The molecule has 2 aromatic heterocycles. The van der Waals surface area contributed by atoms with E-state index in [0.29, 0.717) is 10.6 Å². The maximum Gasteiger partial charge on any atom is 0.350 e. The molecular weight excluding hydrogens is 254 g/mol. The Bertz CT molecular complexity index is 542. The first-order valence-corrected chi connectivity index (χ1v) is 6.85. The van der Waals surface area contributed by atoms with Gasteiger partial charge in [0.2, 0.25) is 0 Å². The lowest BCUT2D eigenvalue weighted by atomic mass is 10.3. The Hall–Kier alpha value is -1.33. The predicted octanol–water partition coefficient (Wildman–Crippen LogP) is 3.41. The number of aryl methyl sites for hydroxylation is 1. The van der Waals surface area contributed by atoms with Crippen molar-refractivity contribution in [1.29, 1.82) is 0 Å². The molecule has 0 aliphatic carbocycles. The van der Waals surface area contributed by atoms with Gasteiger partial charge in [-0.25, -0.2) is 4.79 Å². The summed E-state index contributed by atoms with van der Waals surface area (Å²) in [5.74, 6) is -0.369. The Morgan fingerprint density at radius 1 is 1.35 bits per heavy atom. The van der Waals surface area contributed by atoms with E-state index in [1.807, 2.05) is 6.07 Å². The Labute approximate surface area is 108 Å². The van der Waals surface area contributed by atoms with Crippen LogP contribution >= 0.6 is 22.7 Å². The van der Waals surface area contributed by atoms with E-state index in [2.05, 4.69) is 23.8 Å². The smallest absolute Gasteiger partial charge is 0.350 e. The Balaban J connectivity index is 2.37. The highest BCUT2D eigenvalue weighted by Gasteiger charge is 2.16. The van der Waals surface area contributed by atoms with Crippen molar-refractivity contribution in [3.05, 3.63) is 28.0 Å². The number of ether oxygens (including phenoxy) is 1. The van der Waals surface area contributed by atoms with Gasteiger partial charge in [0.1, 0.15) is 4.88 Å². The number of hydrogen-bond acceptors (Lipinski definition) is 5. The summed E-state index contributed by atoms with van der Waals surface area (Å²) in [4.78, 5) is 15.4. The van der Waals surface area contributed by atoms with Gasteiger partial charge < -0.3 is 10.5 Å². The van der Waals surface area contributed by atoms with Crippen LogP contribution in [0, 0.1) is 0 Å². The number of carbonyl (C=O) groups excluding carboxylic acids is 1. The zero-order chi connectivity index (χ0) is 12.4. The van der Waals surface area contributed by atoms with Crippen LogP contribution in [0.3, 0.4) is 0 Å². The Morgan fingerprint density at radius 2 is 2.12 bits per heavy atom. The van der Waals surface area contributed by atoms with Gasteiger partial charge in [-0.2, -0.15) is 0 Å². The maximum atomic E-state index is 11.5. The van der Waals surface area contributed by atoms with Gasteiger partial charge in [-0.1, -0.05) is 6.92 Å². The monoisotopic (exact) mass is 267 g/mol. The predicted molar refractivity (Wildman–Crippen MR) is 72.8 cm³/mol. The molecule has 0 atom stereocenters. The first-order valence-electron chi connectivity index (χ1n) is 5.22.